The summed E-state index contributed by atoms with van der Waals surface area (Å²) in [6.07, 6.45) is 1.69. The Labute approximate surface area is 119 Å². The summed E-state index contributed by atoms with van der Waals surface area (Å²) in [4.78, 5) is 23.0. The molecule has 1 aromatic heterocycles. The molecular weight excluding hydrogens is 338 g/mol. The van der Waals surface area contributed by atoms with Gasteiger partial charge in [-0.15, -0.1) is 0 Å². The van der Waals surface area contributed by atoms with E-state index in [0.717, 1.165) is 19.6 Å². The van der Waals surface area contributed by atoms with E-state index in [2.05, 4.69) is 15.9 Å². The molecule has 0 aromatic carbocycles. The summed E-state index contributed by atoms with van der Waals surface area (Å²) < 4.78 is 27.5. The van der Waals surface area contributed by atoms with Gasteiger partial charge in [-0.1, -0.05) is 15.9 Å². The Morgan fingerprint density at radius 3 is 2.42 bits per heavy atom. The maximum Gasteiger partial charge on any atom is 0.330 e. The average molecular weight is 354 g/mol. The van der Waals surface area contributed by atoms with Crippen molar-refractivity contribution in [1.82, 2.24) is 13.4 Å². The second-order valence-corrected chi connectivity index (χ2v) is 6.93. The maximum atomic E-state index is 12.3. The second kappa shape index (κ2) is 6.02. The molecule has 0 aliphatic carbocycles. The van der Waals surface area contributed by atoms with Crippen LogP contribution in [0, 0.1) is 0 Å². The van der Waals surface area contributed by atoms with E-state index in [4.69, 9.17) is 0 Å². The third kappa shape index (κ3) is 3.15. The van der Waals surface area contributed by atoms with Gasteiger partial charge in [-0.25, -0.2) is 17.5 Å². The second-order valence-electron chi connectivity index (χ2n) is 4.12. The number of rotatable bonds is 5. The van der Waals surface area contributed by atoms with Crippen LogP contribution in [0.3, 0.4) is 0 Å². The van der Waals surface area contributed by atoms with Gasteiger partial charge in [0.15, 0.2) is 4.90 Å². The van der Waals surface area contributed by atoms with Crippen LogP contribution in [0.25, 0.3) is 0 Å². The van der Waals surface area contributed by atoms with E-state index in [1.54, 1.807) is 0 Å². The lowest BCUT2D eigenvalue weighted by molar-refractivity contribution is 0.466. The van der Waals surface area contributed by atoms with Gasteiger partial charge in [0, 0.05) is 39.2 Å². The van der Waals surface area contributed by atoms with Gasteiger partial charge in [0.25, 0.3) is 5.56 Å². The van der Waals surface area contributed by atoms with Crippen LogP contribution < -0.4 is 11.2 Å². The highest BCUT2D eigenvalue weighted by molar-refractivity contribution is 9.09. The summed E-state index contributed by atoms with van der Waals surface area (Å²) in [5.41, 5.74) is -1.37. The molecule has 1 aromatic rings. The fourth-order valence-electron chi connectivity index (χ4n) is 1.52. The lowest BCUT2D eigenvalue weighted by Crippen LogP contribution is -2.42. The van der Waals surface area contributed by atoms with Crippen molar-refractivity contribution in [3.05, 3.63) is 27.0 Å². The molecule has 1 rings (SSSR count). The van der Waals surface area contributed by atoms with Crippen LogP contribution in [0.15, 0.2) is 20.7 Å². The summed E-state index contributed by atoms with van der Waals surface area (Å²) in [6.45, 7) is 0.291. The molecule has 0 spiro atoms. The predicted octanol–water partition coefficient (Wildman–Crippen LogP) is -0.510. The topological polar surface area (TPSA) is 81.4 Å². The minimum absolute atomic E-state index is 0.291. The fraction of sp³-hybridized carbons (Fsp3) is 0.600. The first-order valence-corrected chi connectivity index (χ1v) is 8.08. The van der Waals surface area contributed by atoms with Crippen LogP contribution in [0.4, 0.5) is 0 Å². The van der Waals surface area contributed by atoms with Crippen LogP contribution >= 0.6 is 15.9 Å². The SMILES string of the molecule is CN(CCCBr)S(=O)(=O)c1cn(C)c(=O)n(C)c1=O. The number of aryl methyl sites for hydroxylation is 1. The highest BCUT2D eigenvalue weighted by Gasteiger charge is 2.25. The molecule has 0 radical (unpaired) electrons. The van der Waals surface area contributed by atoms with Crippen molar-refractivity contribution in [3.8, 4) is 0 Å². The Balaban J connectivity index is 3.38. The summed E-state index contributed by atoms with van der Waals surface area (Å²) in [7, 11) is 0.175. The molecule has 108 valence electrons. The molecule has 0 unspecified atom stereocenters. The zero-order valence-electron chi connectivity index (χ0n) is 11.0. The van der Waals surface area contributed by atoms with E-state index in [1.165, 1.54) is 21.1 Å². The number of sulfonamides is 1. The summed E-state index contributed by atoms with van der Waals surface area (Å²) in [6, 6.07) is 0. The molecule has 19 heavy (non-hydrogen) atoms. The first kappa shape index (κ1) is 16.1. The van der Waals surface area contributed by atoms with Crippen LogP contribution in [0.1, 0.15) is 6.42 Å². The number of hydrogen-bond acceptors (Lipinski definition) is 4. The Morgan fingerprint density at radius 1 is 1.32 bits per heavy atom. The molecule has 0 amide bonds. The van der Waals surface area contributed by atoms with Gasteiger partial charge in [0.05, 0.1) is 0 Å². The molecule has 0 aliphatic heterocycles. The Kier molecular flexibility index (Phi) is 5.11. The highest BCUT2D eigenvalue weighted by Crippen LogP contribution is 2.09. The van der Waals surface area contributed by atoms with E-state index in [-0.39, 0.29) is 0 Å². The van der Waals surface area contributed by atoms with Gasteiger partial charge in [-0.05, 0) is 6.42 Å². The molecule has 0 saturated heterocycles. The zero-order chi connectivity index (χ0) is 14.8. The van der Waals surface area contributed by atoms with E-state index >= 15 is 0 Å². The largest absolute Gasteiger partial charge is 0.330 e. The van der Waals surface area contributed by atoms with Gasteiger partial charge in [0.2, 0.25) is 10.0 Å². The van der Waals surface area contributed by atoms with Gasteiger partial charge in [-0.3, -0.25) is 9.36 Å². The minimum atomic E-state index is -3.88. The lowest BCUT2D eigenvalue weighted by Gasteiger charge is -2.16. The summed E-state index contributed by atoms with van der Waals surface area (Å²) >= 11 is 3.22. The van der Waals surface area contributed by atoms with Crippen LogP contribution in [0.5, 0.6) is 0 Å². The number of aromatic nitrogens is 2. The van der Waals surface area contributed by atoms with Gasteiger partial charge >= 0.3 is 5.69 Å². The van der Waals surface area contributed by atoms with E-state index < -0.39 is 26.2 Å². The molecule has 9 heteroatoms. The number of nitrogens with zero attached hydrogens (tertiary/aromatic N) is 3. The summed E-state index contributed by atoms with van der Waals surface area (Å²) in [5.74, 6) is 0. The molecule has 1 heterocycles. The van der Waals surface area contributed by atoms with E-state index in [0.29, 0.717) is 18.3 Å². The maximum absolute atomic E-state index is 12.3. The van der Waals surface area contributed by atoms with Crippen molar-refractivity contribution < 1.29 is 8.42 Å². The molecule has 0 fully saturated rings. The van der Waals surface area contributed by atoms with Gasteiger partial charge in [0.1, 0.15) is 0 Å². The monoisotopic (exact) mass is 353 g/mol. The molecule has 0 aliphatic rings. The number of hydrogen-bond donors (Lipinski definition) is 0. The third-order valence-electron chi connectivity index (χ3n) is 2.71. The van der Waals surface area contributed by atoms with Crippen LogP contribution in [0.2, 0.25) is 0 Å². The fourth-order valence-corrected chi connectivity index (χ4v) is 3.13. The van der Waals surface area contributed by atoms with Crippen LogP contribution in [-0.4, -0.2) is 40.8 Å². The van der Waals surface area contributed by atoms with Crippen molar-refractivity contribution in [1.29, 1.82) is 0 Å². The van der Waals surface area contributed by atoms with Crippen molar-refractivity contribution in [2.24, 2.45) is 14.1 Å². The molecular formula is C10H16BrN3O4S. The van der Waals surface area contributed by atoms with Crippen molar-refractivity contribution in [2.75, 3.05) is 18.9 Å². The quantitative estimate of drug-likeness (QED) is 0.667. The normalized spacial score (nSPS) is 12.1. The van der Waals surface area contributed by atoms with Crippen molar-refractivity contribution in [2.45, 2.75) is 11.3 Å². The highest BCUT2D eigenvalue weighted by atomic mass is 79.9. The van der Waals surface area contributed by atoms with Gasteiger partial charge < -0.3 is 4.57 Å². The smallest absolute Gasteiger partial charge is 0.302 e. The first-order valence-electron chi connectivity index (χ1n) is 5.52. The molecule has 0 saturated carbocycles. The average Bonchev–Trinajstić information content (AvgIpc) is 2.37. The zero-order valence-corrected chi connectivity index (χ0v) is 13.4. The summed E-state index contributed by atoms with van der Waals surface area (Å²) in [5, 5.41) is 0.665. The molecule has 7 nitrogen and oxygen atoms in total. The number of halogens is 1. The van der Waals surface area contributed by atoms with Crippen LogP contribution in [-0.2, 0) is 24.1 Å². The van der Waals surface area contributed by atoms with E-state index in [1.807, 2.05) is 0 Å². The first-order chi connectivity index (χ1) is 8.73. The predicted molar refractivity (Wildman–Crippen MR) is 75.2 cm³/mol. The van der Waals surface area contributed by atoms with E-state index in [9.17, 15) is 18.0 Å². The number of alkyl halides is 1. The van der Waals surface area contributed by atoms with Crippen molar-refractivity contribution in [3.63, 3.8) is 0 Å². The Bertz CT molecular complexity index is 677. The molecule has 0 atom stereocenters. The Hall–Kier alpha value is -0.930. The third-order valence-corrected chi connectivity index (χ3v) is 5.11. The Morgan fingerprint density at radius 2 is 1.89 bits per heavy atom. The lowest BCUT2D eigenvalue weighted by atomic mass is 10.5. The molecule has 0 N–H and O–H groups in total. The standard InChI is InChI=1S/C10H16BrN3O4S/c1-12-7-8(9(15)14(3)10(12)16)19(17,18)13(2)6-4-5-11/h7H,4-6H2,1-3H3. The van der Waals surface area contributed by atoms with Crippen molar-refractivity contribution >= 4 is 26.0 Å². The minimum Gasteiger partial charge on any atom is -0.302 e. The molecule has 0 bridgehead atoms. The van der Waals surface area contributed by atoms with Gasteiger partial charge in [-0.2, -0.15) is 0 Å².